The molecule has 166 valence electrons. The summed E-state index contributed by atoms with van der Waals surface area (Å²) in [6.07, 6.45) is 3.64. The summed E-state index contributed by atoms with van der Waals surface area (Å²) in [7, 11) is 1.53. The number of piperidine rings is 1. The molecule has 0 aromatic heterocycles. The van der Waals surface area contributed by atoms with E-state index in [0.29, 0.717) is 43.1 Å². The van der Waals surface area contributed by atoms with Crippen LogP contribution in [0.15, 0.2) is 41.1 Å². The van der Waals surface area contributed by atoms with Crippen LogP contribution >= 0.6 is 0 Å². The van der Waals surface area contributed by atoms with Gasteiger partial charge in [0.1, 0.15) is 23.9 Å². The first kappa shape index (κ1) is 21.3. The van der Waals surface area contributed by atoms with Crippen molar-refractivity contribution in [2.45, 2.75) is 38.7 Å². The monoisotopic (exact) mass is 429 g/mol. The number of urea groups is 1. The van der Waals surface area contributed by atoms with Crippen LogP contribution in [0.2, 0.25) is 0 Å². The number of nitrogens with one attached hydrogen (secondary N) is 2. The van der Waals surface area contributed by atoms with Crippen molar-refractivity contribution in [2.24, 2.45) is 16.8 Å². The van der Waals surface area contributed by atoms with Gasteiger partial charge in [0.05, 0.1) is 6.10 Å². The summed E-state index contributed by atoms with van der Waals surface area (Å²) < 4.78 is 12.3. The number of hydrogen-bond donors (Lipinski definition) is 3. The second-order valence-electron chi connectivity index (χ2n) is 8.45. The molecule has 3 saturated heterocycles. The van der Waals surface area contributed by atoms with Gasteiger partial charge < -0.3 is 20.5 Å². The molecule has 31 heavy (non-hydrogen) atoms. The normalized spacial score (nSPS) is 31.4. The summed E-state index contributed by atoms with van der Waals surface area (Å²) in [4.78, 5) is 28.7. The molecule has 4 atom stereocenters. The van der Waals surface area contributed by atoms with E-state index in [2.05, 4.69) is 29.5 Å². The Morgan fingerprint density at radius 2 is 2.06 bits per heavy atom. The zero-order chi connectivity index (χ0) is 22.2. The first-order valence-corrected chi connectivity index (χ1v) is 10.6. The molecule has 3 fully saturated rings. The number of amides is 3. The number of quaternary nitrogens is 1. The maximum absolute atomic E-state index is 12.9. The molecule has 1 aromatic rings. The summed E-state index contributed by atoms with van der Waals surface area (Å²) in [5, 5.41) is 15.8. The number of anilines is 1. The number of hydrogen-bond acceptors (Lipinski definition) is 5. The fraction of sp³-hybridized carbons (Fsp3) is 0.500. The molecule has 3 N–H and O–H groups in total. The minimum absolute atomic E-state index is 0.0300. The van der Waals surface area contributed by atoms with E-state index in [1.807, 2.05) is 0 Å². The molecule has 0 radical (unpaired) electrons. The van der Waals surface area contributed by atoms with Crippen molar-refractivity contribution in [3.63, 3.8) is 0 Å². The second kappa shape index (κ2) is 7.97. The fourth-order valence-corrected chi connectivity index (χ4v) is 4.99. The van der Waals surface area contributed by atoms with Gasteiger partial charge in [0.15, 0.2) is 0 Å². The van der Waals surface area contributed by atoms with Crippen LogP contribution in [0.3, 0.4) is 0 Å². The first-order chi connectivity index (χ1) is 14.8. The van der Waals surface area contributed by atoms with Gasteiger partial charge in [0, 0.05) is 50.5 Å². The van der Waals surface area contributed by atoms with Crippen LogP contribution < -0.4 is 15.1 Å². The van der Waals surface area contributed by atoms with Gasteiger partial charge in [-0.3, -0.25) is 9.73 Å². The highest BCUT2D eigenvalue weighted by molar-refractivity contribution is 5.89. The van der Waals surface area contributed by atoms with E-state index in [1.54, 1.807) is 36.6 Å². The predicted octanol–water partition coefficient (Wildman–Crippen LogP) is 3.53. The molecule has 9 nitrogen and oxygen atoms in total. The number of carbonyl (C=O) groups is 2. The van der Waals surface area contributed by atoms with Gasteiger partial charge in [-0.2, -0.15) is 4.79 Å². The smallest absolute Gasteiger partial charge is 0.435 e. The van der Waals surface area contributed by atoms with Crippen molar-refractivity contribution >= 4 is 29.7 Å². The number of benzene rings is 1. The van der Waals surface area contributed by atoms with Crippen molar-refractivity contribution in [1.29, 1.82) is 0 Å². The van der Waals surface area contributed by atoms with E-state index in [0.717, 1.165) is 0 Å². The van der Waals surface area contributed by atoms with Crippen molar-refractivity contribution < 1.29 is 24.2 Å². The fourth-order valence-electron chi connectivity index (χ4n) is 4.99. The van der Waals surface area contributed by atoms with Crippen molar-refractivity contribution in [1.82, 2.24) is 9.80 Å². The molecule has 0 spiro atoms. The Labute approximate surface area is 181 Å². The van der Waals surface area contributed by atoms with Crippen molar-refractivity contribution in [3.8, 4) is 0 Å². The van der Waals surface area contributed by atoms with Gasteiger partial charge in [0.25, 0.3) is 0 Å². The SMILES string of the molecule is CNC(=O)Nc1ccc([N+]2(C(=O)O)CCC3OC2(OC2=CC=NCC2)C3C(C)C)cc1. The average molecular weight is 429 g/mol. The number of dihydropyridines is 1. The maximum Gasteiger partial charge on any atom is 0.524 e. The number of fused-ring (bicyclic) bond motifs is 2. The molecule has 4 aliphatic heterocycles. The largest absolute Gasteiger partial charge is 0.524 e. The zero-order valence-corrected chi connectivity index (χ0v) is 18.0. The van der Waals surface area contributed by atoms with Gasteiger partial charge >= 0.3 is 18.0 Å². The topological polar surface area (TPSA) is 109 Å². The molecular formula is C22H29N4O5+. The highest BCUT2D eigenvalue weighted by atomic mass is 16.8. The summed E-state index contributed by atoms with van der Waals surface area (Å²) in [5.41, 5.74) is 1.11. The molecule has 0 aliphatic carbocycles. The van der Waals surface area contributed by atoms with Gasteiger partial charge in [0.2, 0.25) is 0 Å². The average Bonchev–Trinajstić information content (AvgIpc) is 2.74. The molecule has 0 saturated carbocycles. The summed E-state index contributed by atoms with van der Waals surface area (Å²) in [5.74, 6) is -0.582. The molecule has 2 bridgehead atoms. The van der Waals surface area contributed by atoms with Crippen LogP contribution in [-0.4, -0.2) is 55.6 Å². The van der Waals surface area contributed by atoms with Crippen LogP contribution in [0.25, 0.3) is 0 Å². The highest BCUT2D eigenvalue weighted by Gasteiger charge is 2.79. The molecular weight excluding hydrogens is 400 g/mol. The van der Waals surface area contributed by atoms with E-state index >= 15 is 0 Å². The standard InChI is InChI=1S/C22H28N4O5/c1-14(2)19-18-10-13-26(21(28)29,16-6-4-15(5-7-16)25-20(27)23-3)22(19,31-18)30-17-8-11-24-12-9-17/h4-8,11,14,18-19H,9-10,12-13H2,1-3H3,(H2-,23,25,27,28,29)/p+1. The number of ether oxygens (including phenoxy) is 2. The van der Waals surface area contributed by atoms with E-state index in [1.165, 1.54) is 7.05 Å². The first-order valence-electron chi connectivity index (χ1n) is 10.6. The summed E-state index contributed by atoms with van der Waals surface area (Å²) in [6.45, 7) is 5.11. The van der Waals surface area contributed by atoms with Crippen LogP contribution in [0.1, 0.15) is 26.7 Å². The van der Waals surface area contributed by atoms with E-state index in [-0.39, 0.29) is 24.0 Å². The lowest BCUT2D eigenvalue weighted by Gasteiger charge is -2.63. The Bertz CT molecular complexity index is 928. The molecule has 1 aromatic carbocycles. The lowest BCUT2D eigenvalue weighted by Crippen LogP contribution is -2.86. The number of allylic oxidation sites excluding steroid dienone is 1. The number of carbonyl (C=O) groups excluding carboxylic acids is 1. The van der Waals surface area contributed by atoms with E-state index in [9.17, 15) is 14.7 Å². The third kappa shape index (κ3) is 3.28. The predicted molar refractivity (Wildman–Crippen MR) is 117 cm³/mol. The minimum atomic E-state index is -1.35. The maximum atomic E-state index is 12.9. The van der Waals surface area contributed by atoms with Crippen molar-refractivity contribution in [2.75, 3.05) is 25.5 Å². The summed E-state index contributed by atoms with van der Waals surface area (Å²) in [6, 6.07) is 6.50. The van der Waals surface area contributed by atoms with Crippen LogP contribution in [-0.2, 0) is 9.47 Å². The molecule has 4 unspecified atom stereocenters. The third-order valence-electron chi connectivity index (χ3n) is 6.39. The molecule has 4 aliphatic rings. The Hall–Kier alpha value is -2.91. The number of carboxylic acid groups (broad SMARTS) is 1. The van der Waals surface area contributed by atoms with Crippen LogP contribution in [0.5, 0.6) is 0 Å². The Morgan fingerprint density at radius 3 is 2.65 bits per heavy atom. The quantitative estimate of drug-likeness (QED) is 0.621. The van der Waals surface area contributed by atoms with Crippen molar-refractivity contribution in [3.05, 3.63) is 36.1 Å². The highest BCUT2D eigenvalue weighted by Crippen LogP contribution is 2.58. The third-order valence-corrected chi connectivity index (χ3v) is 6.39. The Balaban J connectivity index is 1.78. The molecule has 9 heteroatoms. The van der Waals surface area contributed by atoms with Gasteiger partial charge in [-0.15, -0.1) is 4.48 Å². The van der Waals surface area contributed by atoms with E-state index in [4.69, 9.17) is 9.47 Å². The number of aliphatic imine (C=N–C) groups is 1. The lowest BCUT2D eigenvalue weighted by molar-refractivity contribution is -0.447. The van der Waals surface area contributed by atoms with Gasteiger partial charge in [-0.25, -0.2) is 4.79 Å². The molecule has 3 amide bonds. The van der Waals surface area contributed by atoms with E-state index < -0.39 is 16.5 Å². The van der Waals surface area contributed by atoms with Gasteiger partial charge in [-0.1, -0.05) is 13.8 Å². The lowest BCUT2D eigenvalue weighted by atomic mass is 9.74. The zero-order valence-electron chi connectivity index (χ0n) is 18.0. The van der Waals surface area contributed by atoms with Crippen LogP contribution in [0, 0.1) is 11.8 Å². The Morgan fingerprint density at radius 1 is 1.32 bits per heavy atom. The Kier molecular flexibility index (Phi) is 5.49. The minimum Gasteiger partial charge on any atom is -0.435 e. The number of rotatable bonds is 5. The van der Waals surface area contributed by atoms with Gasteiger partial charge in [-0.05, 0) is 24.1 Å². The molecule has 5 rings (SSSR count). The summed E-state index contributed by atoms with van der Waals surface area (Å²) >= 11 is 0. The molecule has 4 heterocycles. The number of nitrogens with zero attached hydrogens (tertiary/aromatic N) is 2. The van der Waals surface area contributed by atoms with Crippen LogP contribution in [0.4, 0.5) is 21.0 Å². The second-order valence-corrected chi connectivity index (χ2v) is 8.45.